The van der Waals surface area contributed by atoms with Crippen molar-refractivity contribution in [3.8, 4) is 5.75 Å². The third-order valence-corrected chi connectivity index (χ3v) is 5.70. The predicted molar refractivity (Wildman–Crippen MR) is 100 cm³/mol. The van der Waals surface area contributed by atoms with E-state index < -0.39 is 0 Å². The van der Waals surface area contributed by atoms with Crippen molar-refractivity contribution in [2.45, 2.75) is 38.1 Å². The van der Waals surface area contributed by atoms with Crippen LogP contribution in [-0.2, 0) is 16.0 Å². The zero-order valence-corrected chi connectivity index (χ0v) is 15.8. The van der Waals surface area contributed by atoms with Gasteiger partial charge in [0.15, 0.2) is 0 Å². The van der Waals surface area contributed by atoms with E-state index in [4.69, 9.17) is 4.74 Å². The van der Waals surface area contributed by atoms with Crippen LogP contribution in [-0.4, -0.2) is 67.0 Å². The molecule has 2 amide bonds. The molecule has 2 saturated heterocycles. The number of carbonyl (C=O) groups is 2. The largest absolute Gasteiger partial charge is 0.494 e. The molecular formula is C20H29N3O3. The minimum Gasteiger partial charge on any atom is -0.494 e. The maximum Gasteiger partial charge on any atom is 0.227 e. The summed E-state index contributed by atoms with van der Waals surface area (Å²) in [7, 11) is 2.11. The van der Waals surface area contributed by atoms with E-state index in [0.717, 1.165) is 37.2 Å². The van der Waals surface area contributed by atoms with Gasteiger partial charge in [0.2, 0.25) is 11.8 Å². The van der Waals surface area contributed by atoms with E-state index >= 15 is 0 Å². The molecule has 142 valence electrons. The number of nitrogens with one attached hydrogen (secondary N) is 1. The van der Waals surface area contributed by atoms with Crippen LogP contribution in [0, 0.1) is 0 Å². The van der Waals surface area contributed by atoms with Gasteiger partial charge in [-0.05, 0) is 32.9 Å². The monoisotopic (exact) mass is 359 g/mol. The molecule has 3 rings (SSSR count). The molecule has 0 bridgehead atoms. The third-order valence-electron chi connectivity index (χ3n) is 5.70. The second kappa shape index (κ2) is 8.08. The lowest BCUT2D eigenvalue weighted by Crippen LogP contribution is -2.62. The summed E-state index contributed by atoms with van der Waals surface area (Å²) >= 11 is 0. The summed E-state index contributed by atoms with van der Waals surface area (Å²) in [5, 5.41) is 2.96. The quantitative estimate of drug-likeness (QED) is 0.884. The Labute approximate surface area is 155 Å². The summed E-state index contributed by atoms with van der Waals surface area (Å²) in [6.45, 7) is 5.48. The second-order valence-corrected chi connectivity index (χ2v) is 7.28. The van der Waals surface area contributed by atoms with Crippen LogP contribution in [0.25, 0.3) is 0 Å². The minimum atomic E-state index is -0.105. The molecular weight excluding hydrogens is 330 g/mol. The number of benzene rings is 1. The van der Waals surface area contributed by atoms with Gasteiger partial charge in [-0.2, -0.15) is 0 Å². The molecule has 0 aliphatic carbocycles. The minimum absolute atomic E-state index is 0.105. The molecule has 6 heteroatoms. The number of hydrogen-bond donors (Lipinski definition) is 1. The van der Waals surface area contributed by atoms with Crippen LogP contribution in [0.1, 0.15) is 31.7 Å². The molecule has 1 spiro atoms. The average Bonchev–Trinajstić information content (AvgIpc) is 2.82. The number of amides is 2. The van der Waals surface area contributed by atoms with E-state index in [2.05, 4.69) is 17.3 Å². The van der Waals surface area contributed by atoms with Gasteiger partial charge in [0.25, 0.3) is 0 Å². The van der Waals surface area contributed by atoms with E-state index in [9.17, 15) is 9.59 Å². The third kappa shape index (κ3) is 4.01. The number of hydrogen-bond acceptors (Lipinski definition) is 4. The topological polar surface area (TPSA) is 61.9 Å². The van der Waals surface area contributed by atoms with Crippen LogP contribution in [0.5, 0.6) is 5.75 Å². The highest BCUT2D eigenvalue weighted by atomic mass is 16.5. The zero-order valence-electron chi connectivity index (χ0n) is 15.8. The average molecular weight is 359 g/mol. The summed E-state index contributed by atoms with van der Waals surface area (Å²) in [6, 6.07) is 7.75. The summed E-state index contributed by atoms with van der Waals surface area (Å²) in [5.41, 5.74) is 0.831. The van der Waals surface area contributed by atoms with Crippen LogP contribution in [0.15, 0.2) is 24.3 Å². The number of carbonyl (C=O) groups excluding carboxylic acids is 2. The number of rotatable bonds is 4. The second-order valence-electron chi connectivity index (χ2n) is 7.28. The molecule has 2 fully saturated rings. The van der Waals surface area contributed by atoms with E-state index in [1.54, 1.807) is 0 Å². The van der Waals surface area contributed by atoms with Crippen molar-refractivity contribution in [3.05, 3.63) is 29.8 Å². The normalized spacial score (nSPS) is 24.2. The van der Waals surface area contributed by atoms with Gasteiger partial charge in [-0.1, -0.05) is 18.2 Å². The lowest BCUT2D eigenvalue weighted by Gasteiger charge is -2.49. The molecule has 1 unspecified atom stereocenters. The van der Waals surface area contributed by atoms with Crippen molar-refractivity contribution in [3.63, 3.8) is 0 Å². The maximum absolute atomic E-state index is 13.0. The van der Waals surface area contributed by atoms with Crippen molar-refractivity contribution < 1.29 is 14.3 Å². The lowest BCUT2D eigenvalue weighted by atomic mass is 9.86. The Balaban J connectivity index is 1.71. The summed E-state index contributed by atoms with van der Waals surface area (Å²) in [4.78, 5) is 29.0. The summed E-state index contributed by atoms with van der Waals surface area (Å²) < 4.78 is 5.66. The van der Waals surface area contributed by atoms with Crippen LogP contribution < -0.4 is 10.1 Å². The Morgan fingerprint density at radius 1 is 1.27 bits per heavy atom. The van der Waals surface area contributed by atoms with Crippen molar-refractivity contribution in [1.82, 2.24) is 15.1 Å². The fourth-order valence-electron chi connectivity index (χ4n) is 4.03. The Bertz CT molecular complexity index is 663. The number of piperazine rings is 1. The van der Waals surface area contributed by atoms with E-state index in [0.29, 0.717) is 32.5 Å². The standard InChI is InChI=1S/C20H29N3O3/c1-3-26-17-7-5-4-6-16(17)14-19(25)23-13-12-22(2)20(15-23)9-8-18(24)21-11-10-20/h4-7H,3,8-15H2,1-2H3,(H,21,24). The summed E-state index contributed by atoms with van der Waals surface area (Å²) in [5.74, 6) is 1.04. The fraction of sp³-hybridized carbons (Fsp3) is 0.600. The maximum atomic E-state index is 13.0. The highest BCUT2D eigenvalue weighted by molar-refractivity contribution is 5.80. The SMILES string of the molecule is CCOc1ccccc1CC(=O)N1CCN(C)C2(CCNC(=O)CC2)C1. The Hall–Kier alpha value is -2.08. The zero-order chi connectivity index (χ0) is 18.6. The van der Waals surface area contributed by atoms with Crippen LogP contribution in [0.4, 0.5) is 0 Å². The number of para-hydroxylation sites is 1. The highest BCUT2D eigenvalue weighted by Crippen LogP contribution is 2.31. The first-order valence-corrected chi connectivity index (χ1v) is 9.50. The van der Waals surface area contributed by atoms with Crippen molar-refractivity contribution in [1.29, 1.82) is 0 Å². The molecule has 6 nitrogen and oxygen atoms in total. The van der Waals surface area contributed by atoms with Crippen LogP contribution >= 0.6 is 0 Å². The molecule has 1 aromatic carbocycles. The smallest absolute Gasteiger partial charge is 0.227 e. The van der Waals surface area contributed by atoms with Crippen molar-refractivity contribution in [2.24, 2.45) is 0 Å². The fourth-order valence-corrected chi connectivity index (χ4v) is 4.03. The van der Waals surface area contributed by atoms with E-state index in [1.165, 1.54) is 0 Å². The molecule has 0 saturated carbocycles. The molecule has 2 aliphatic rings. The molecule has 1 aromatic rings. The molecule has 0 radical (unpaired) electrons. The van der Waals surface area contributed by atoms with E-state index in [-0.39, 0.29) is 17.4 Å². The Morgan fingerprint density at radius 3 is 2.88 bits per heavy atom. The van der Waals surface area contributed by atoms with Crippen molar-refractivity contribution in [2.75, 3.05) is 39.8 Å². The Morgan fingerprint density at radius 2 is 2.08 bits per heavy atom. The first-order valence-electron chi connectivity index (χ1n) is 9.50. The molecule has 2 aliphatic heterocycles. The van der Waals surface area contributed by atoms with Gasteiger partial charge >= 0.3 is 0 Å². The van der Waals surface area contributed by atoms with Gasteiger partial charge in [-0.3, -0.25) is 14.5 Å². The van der Waals surface area contributed by atoms with Gasteiger partial charge in [-0.15, -0.1) is 0 Å². The van der Waals surface area contributed by atoms with Gasteiger partial charge in [0, 0.05) is 43.7 Å². The Kier molecular flexibility index (Phi) is 5.81. The number of ether oxygens (including phenoxy) is 1. The van der Waals surface area contributed by atoms with Crippen molar-refractivity contribution >= 4 is 11.8 Å². The van der Waals surface area contributed by atoms with Gasteiger partial charge < -0.3 is 15.0 Å². The number of likely N-dealkylation sites (N-methyl/N-ethyl adjacent to an activating group) is 1. The molecule has 2 heterocycles. The van der Waals surface area contributed by atoms with Crippen LogP contribution in [0.3, 0.4) is 0 Å². The highest BCUT2D eigenvalue weighted by Gasteiger charge is 2.42. The van der Waals surface area contributed by atoms with Gasteiger partial charge in [0.05, 0.1) is 13.0 Å². The summed E-state index contributed by atoms with van der Waals surface area (Å²) in [6.07, 6.45) is 2.57. The predicted octanol–water partition coefficient (Wildman–Crippen LogP) is 1.44. The van der Waals surface area contributed by atoms with Gasteiger partial charge in [0.1, 0.15) is 5.75 Å². The molecule has 1 atom stereocenters. The first-order chi connectivity index (χ1) is 12.5. The first kappa shape index (κ1) is 18.7. The number of nitrogens with zero attached hydrogens (tertiary/aromatic N) is 2. The van der Waals surface area contributed by atoms with Crippen LogP contribution in [0.2, 0.25) is 0 Å². The molecule has 1 N–H and O–H groups in total. The van der Waals surface area contributed by atoms with E-state index in [1.807, 2.05) is 36.1 Å². The molecule has 0 aromatic heterocycles. The molecule has 26 heavy (non-hydrogen) atoms. The van der Waals surface area contributed by atoms with Gasteiger partial charge in [-0.25, -0.2) is 0 Å². The lowest BCUT2D eigenvalue weighted by molar-refractivity contribution is -0.136.